The van der Waals surface area contributed by atoms with Gasteiger partial charge in [-0.15, -0.1) is 0 Å². The van der Waals surface area contributed by atoms with Gasteiger partial charge in [-0.3, -0.25) is 0 Å². The minimum Gasteiger partial charge on any atom is -0.492 e. The Kier molecular flexibility index (Phi) is 2.45. The molecule has 1 aromatic rings. The summed E-state index contributed by atoms with van der Waals surface area (Å²) in [5.41, 5.74) is 5.56. The van der Waals surface area contributed by atoms with Crippen molar-refractivity contribution in [2.24, 2.45) is 5.92 Å². The van der Waals surface area contributed by atoms with Crippen LogP contribution in [0.4, 0.5) is 10.1 Å². The lowest BCUT2D eigenvalue weighted by Gasteiger charge is -2.19. The minimum atomic E-state index is -1.21. The SMILES string of the molecule is Nc1cc(F)c2c(c1C(=O)O)OCC1C2C1(Br)Br. The number of benzene rings is 1. The van der Waals surface area contributed by atoms with E-state index in [4.69, 9.17) is 15.6 Å². The second-order valence-electron chi connectivity index (χ2n) is 4.44. The molecule has 1 aliphatic carbocycles. The average molecular weight is 381 g/mol. The molecule has 0 saturated heterocycles. The van der Waals surface area contributed by atoms with Crippen molar-refractivity contribution in [2.45, 2.75) is 9.15 Å². The molecule has 3 rings (SSSR count). The van der Waals surface area contributed by atoms with Gasteiger partial charge in [0.05, 0.1) is 15.5 Å². The fourth-order valence-electron chi connectivity index (χ4n) is 2.49. The smallest absolute Gasteiger partial charge is 0.341 e. The molecule has 1 fully saturated rings. The van der Waals surface area contributed by atoms with Crippen LogP contribution in [-0.2, 0) is 0 Å². The molecular weight excluding hydrogens is 373 g/mol. The summed E-state index contributed by atoms with van der Waals surface area (Å²) in [6.45, 7) is 0.331. The Morgan fingerprint density at radius 2 is 2.28 bits per heavy atom. The van der Waals surface area contributed by atoms with Crippen LogP contribution in [0.1, 0.15) is 21.8 Å². The first-order valence-electron chi connectivity index (χ1n) is 5.21. The van der Waals surface area contributed by atoms with Crippen molar-refractivity contribution in [3.63, 3.8) is 0 Å². The van der Waals surface area contributed by atoms with Crippen LogP contribution in [0.2, 0.25) is 0 Å². The number of hydrogen-bond donors (Lipinski definition) is 2. The summed E-state index contributed by atoms with van der Waals surface area (Å²) < 4.78 is 19.0. The Bertz CT molecular complexity index is 576. The first-order valence-corrected chi connectivity index (χ1v) is 6.80. The van der Waals surface area contributed by atoms with E-state index in [0.29, 0.717) is 6.61 Å². The van der Waals surface area contributed by atoms with Crippen LogP contribution in [0, 0.1) is 11.7 Å². The molecule has 2 aliphatic rings. The number of hydrogen-bond acceptors (Lipinski definition) is 3. The van der Waals surface area contributed by atoms with E-state index in [0.717, 1.165) is 6.07 Å². The highest BCUT2D eigenvalue weighted by Crippen LogP contribution is 2.71. The number of carboxylic acids is 1. The van der Waals surface area contributed by atoms with Gasteiger partial charge in [0.15, 0.2) is 0 Å². The van der Waals surface area contributed by atoms with E-state index in [9.17, 15) is 9.18 Å². The molecule has 0 amide bonds. The first kappa shape index (κ1) is 12.2. The molecular formula is C11H8Br2FNO3. The van der Waals surface area contributed by atoms with E-state index in [2.05, 4.69) is 31.9 Å². The summed E-state index contributed by atoms with van der Waals surface area (Å²) >= 11 is 6.91. The number of ether oxygens (including phenoxy) is 1. The molecule has 18 heavy (non-hydrogen) atoms. The maximum Gasteiger partial charge on any atom is 0.341 e. The molecule has 96 valence electrons. The number of alkyl halides is 2. The van der Waals surface area contributed by atoms with Crippen molar-refractivity contribution in [1.29, 1.82) is 0 Å². The highest BCUT2D eigenvalue weighted by molar-refractivity contribution is 9.25. The van der Waals surface area contributed by atoms with Gasteiger partial charge in [-0.25, -0.2) is 9.18 Å². The lowest BCUT2D eigenvalue weighted by Crippen LogP contribution is -2.16. The van der Waals surface area contributed by atoms with E-state index >= 15 is 0 Å². The summed E-state index contributed by atoms with van der Waals surface area (Å²) in [7, 11) is 0. The highest BCUT2D eigenvalue weighted by atomic mass is 79.9. The molecule has 2 atom stereocenters. The van der Waals surface area contributed by atoms with E-state index in [1.165, 1.54) is 0 Å². The molecule has 0 bridgehead atoms. The largest absolute Gasteiger partial charge is 0.492 e. The number of halogens is 3. The van der Waals surface area contributed by atoms with Crippen molar-refractivity contribution in [3.05, 3.63) is 23.0 Å². The third-order valence-corrected chi connectivity index (χ3v) is 5.60. The van der Waals surface area contributed by atoms with Gasteiger partial charge in [-0.2, -0.15) is 0 Å². The monoisotopic (exact) mass is 379 g/mol. The summed E-state index contributed by atoms with van der Waals surface area (Å²) in [5.74, 6) is -1.73. The van der Waals surface area contributed by atoms with Crippen molar-refractivity contribution < 1.29 is 19.0 Å². The van der Waals surface area contributed by atoms with Gasteiger partial charge in [0.25, 0.3) is 0 Å². The molecule has 7 heteroatoms. The van der Waals surface area contributed by atoms with E-state index in [1.54, 1.807) is 0 Å². The van der Waals surface area contributed by atoms with E-state index in [1.807, 2.05) is 0 Å². The third kappa shape index (κ3) is 1.43. The number of aromatic carboxylic acids is 1. The zero-order valence-electron chi connectivity index (χ0n) is 8.91. The van der Waals surface area contributed by atoms with Gasteiger partial charge >= 0.3 is 5.97 Å². The molecule has 1 aliphatic heterocycles. The summed E-state index contributed by atoms with van der Waals surface area (Å²) in [5, 5.41) is 9.14. The van der Waals surface area contributed by atoms with E-state index < -0.39 is 15.0 Å². The number of fused-ring (bicyclic) bond motifs is 3. The van der Waals surface area contributed by atoms with Gasteiger partial charge in [0, 0.05) is 17.4 Å². The molecule has 4 nitrogen and oxygen atoms in total. The predicted molar refractivity (Wildman–Crippen MR) is 70.1 cm³/mol. The zero-order chi connectivity index (χ0) is 13.2. The standard InChI is InChI=1S/C11H8Br2FNO3/c12-11(13)3-2-18-9-6(8(3)11)4(14)1-5(15)7(9)10(16)17/h1,3,8H,2,15H2,(H,16,17). The number of carbonyl (C=O) groups is 1. The van der Waals surface area contributed by atoms with Crippen LogP contribution >= 0.6 is 31.9 Å². The molecule has 1 heterocycles. The van der Waals surface area contributed by atoms with Gasteiger partial charge in [-0.05, 0) is 6.07 Å². The molecule has 1 aromatic carbocycles. The van der Waals surface area contributed by atoms with Crippen molar-refractivity contribution in [3.8, 4) is 5.75 Å². The number of nitrogen functional groups attached to an aromatic ring is 1. The second kappa shape index (κ2) is 3.60. The second-order valence-corrected chi connectivity index (χ2v) is 8.13. The Hall–Kier alpha value is -0.820. The van der Waals surface area contributed by atoms with Gasteiger partial charge in [-0.1, -0.05) is 31.9 Å². The molecule has 3 N–H and O–H groups in total. The molecule has 0 aromatic heterocycles. The lowest BCUT2D eigenvalue weighted by molar-refractivity contribution is 0.0692. The fourth-order valence-corrected chi connectivity index (χ4v) is 4.11. The Labute approximate surface area is 119 Å². The quantitative estimate of drug-likeness (QED) is 0.580. The maximum absolute atomic E-state index is 14.0. The van der Waals surface area contributed by atoms with Crippen LogP contribution in [0.25, 0.3) is 0 Å². The van der Waals surface area contributed by atoms with Gasteiger partial charge in [0.1, 0.15) is 17.1 Å². The summed E-state index contributed by atoms with van der Waals surface area (Å²) in [4.78, 5) is 11.2. The third-order valence-electron chi connectivity index (χ3n) is 3.43. The Morgan fingerprint density at radius 3 is 2.89 bits per heavy atom. The van der Waals surface area contributed by atoms with Crippen LogP contribution in [0.3, 0.4) is 0 Å². The van der Waals surface area contributed by atoms with Crippen molar-refractivity contribution >= 4 is 43.5 Å². The summed E-state index contributed by atoms with van der Waals surface area (Å²) in [6.07, 6.45) is 0. The molecule has 0 spiro atoms. The number of anilines is 1. The van der Waals surface area contributed by atoms with Crippen LogP contribution in [0.15, 0.2) is 6.07 Å². The molecule has 1 saturated carbocycles. The number of rotatable bonds is 1. The topological polar surface area (TPSA) is 72.6 Å². The Morgan fingerprint density at radius 1 is 1.61 bits per heavy atom. The van der Waals surface area contributed by atoms with Gasteiger partial charge < -0.3 is 15.6 Å². The van der Waals surface area contributed by atoms with Crippen molar-refractivity contribution in [2.75, 3.05) is 12.3 Å². The van der Waals surface area contributed by atoms with Crippen LogP contribution in [-0.4, -0.2) is 20.9 Å². The van der Waals surface area contributed by atoms with Crippen molar-refractivity contribution in [1.82, 2.24) is 0 Å². The van der Waals surface area contributed by atoms with E-state index in [-0.39, 0.29) is 34.4 Å². The Balaban J connectivity index is 2.25. The normalized spacial score (nSPS) is 26.8. The molecule has 2 unspecified atom stereocenters. The number of nitrogens with two attached hydrogens (primary N) is 1. The fraction of sp³-hybridized carbons (Fsp3) is 0.364. The lowest BCUT2D eigenvalue weighted by atomic mass is 9.99. The van der Waals surface area contributed by atoms with Crippen LogP contribution < -0.4 is 10.5 Å². The zero-order valence-corrected chi connectivity index (χ0v) is 12.1. The predicted octanol–water partition coefficient (Wildman–Crippen LogP) is 2.70. The maximum atomic E-state index is 14.0. The van der Waals surface area contributed by atoms with Crippen LogP contribution in [0.5, 0.6) is 5.75 Å². The first-order chi connectivity index (χ1) is 8.35. The summed E-state index contributed by atoms with van der Waals surface area (Å²) in [6, 6.07) is 1.04. The van der Waals surface area contributed by atoms with Gasteiger partial charge in [0.2, 0.25) is 0 Å². The average Bonchev–Trinajstić information content (AvgIpc) is 2.80. The minimum absolute atomic E-state index is 0.0574. The molecule has 0 radical (unpaired) electrons. The number of carboxylic acid groups (broad SMARTS) is 1. The highest BCUT2D eigenvalue weighted by Gasteiger charge is 2.66.